The number of ether oxygens (including phenoxy) is 1. The highest BCUT2D eigenvalue weighted by Crippen LogP contribution is 2.42. The minimum Gasteiger partial charge on any atom is -0.382 e. The smallest absolute Gasteiger partial charge is 0.353 e. The van der Waals surface area contributed by atoms with Gasteiger partial charge >= 0.3 is 7.60 Å². The molecule has 2 heterocycles. The first-order valence-electron chi connectivity index (χ1n) is 15.7. The van der Waals surface area contributed by atoms with Gasteiger partial charge in [-0.15, -0.1) is 0 Å². The van der Waals surface area contributed by atoms with Crippen LogP contribution in [0, 0.1) is 0 Å². The maximum absolute atomic E-state index is 12.3. The van der Waals surface area contributed by atoms with Crippen LogP contribution in [0.1, 0.15) is 90.9 Å². The van der Waals surface area contributed by atoms with E-state index in [0.717, 1.165) is 17.9 Å². The Labute approximate surface area is 253 Å². The molecule has 2 aromatic rings. The fourth-order valence-corrected chi connectivity index (χ4v) is 8.09. The van der Waals surface area contributed by atoms with Gasteiger partial charge in [0.15, 0.2) is 11.5 Å². The number of fused-ring (bicyclic) bond motifs is 1. The van der Waals surface area contributed by atoms with Crippen LogP contribution in [0.5, 0.6) is 0 Å². The highest BCUT2D eigenvalue weighted by atomic mass is 32.2. The van der Waals surface area contributed by atoms with Gasteiger partial charge in [0.05, 0.1) is 25.6 Å². The van der Waals surface area contributed by atoms with Crippen molar-refractivity contribution < 1.29 is 18.7 Å². The summed E-state index contributed by atoms with van der Waals surface area (Å²) in [5.41, 5.74) is 6.95. The number of imidazole rings is 1. The zero-order chi connectivity index (χ0) is 30.0. The molecule has 2 aromatic heterocycles. The van der Waals surface area contributed by atoms with E-state index in [9.17, 15) is 9.46 Å². The molecule has 236 valence electrons. The summed E-state index contributed by atoms with van der Waals surface area (Å²) in [6, 6.07) is 2.93. The topological polar surface area (TPSA) is 125 Å². The summed E-state index contributed by atoms with van der Waals surface area (Å²) >= 11 is 1.90. The summed E-state index contributed by atoms with van der Waals surface area (Å²) in [6.45, 7) is 9.93. The Bertz CT molecular complexity index is 1030. The van der Waals surface area contributed by atoms with E-state index in [4.69, 9.17) is 15.0 Å². The molecule has 3 N–H and O–H groups in total. The number of anilines is 1. The van der Waals surface area contributed by atoms with Crippen molar-refractivity contribution in [2.75, 3.05) is 30.2 Å². The summed E-state index contributed by atoms with van der Waals surface area (Å²) in [5.74, 6) is 2.40. The predicted molar refractivity (Wildman–Crippen MR) is 176 cm³/mol. The molecule has 41 heavy (non-hydrogen) atoms. The number of hydrogen-bond donors (Lipinski definition) is 2. The molecule has 0 saturated heterocycles. The van der Waals surface area contributed by atoms with Crippen LogP contribution in [-0.2, 0) is 20.4 Å². The van der Waals surface area contributed by atoms with E-state index in [1.165, 1.54) is 89.0 Å². The first-order chi connectivity index (χ1) is 19.6. The molecule has 0 amide bonds. The largest absolute Gasteiger partial charge is 0.382 e. The van der Waals surface area contributed by atoms with Crippen molar-refractivity contribution in [3.63, 3.8) is 0 Å². The number of hydrogen-bond acceptors (Lipinski definition) is 8. The number of nitrogen functional groups attached to an aromatic ring is 1. The highest BCUT2D eigenvalue weighted by molar-refractivity contribution is 7.99. The van der Waals surface area contributed by atoms with E-state index in [2.05, 4.69) is 35.0 Å². The third-order valence-electron chi connectivity index (χ3n) is 7.73. The summed E-state index contributed by atoms with van der Waals surface area (Å²) < 4.78 is 25.0. The average Bonchev–Trinajstić information content (AvgIpc) is 3.35. The lowest BCUT2D eigenvalue weighted by Gasteiger charge is -2.19. The number of thioether (sulfide) groups is 1. The molecule has 1 unspecified atom stereocenters. The van der Waals surface area contributed by atoms with Crippen LogP contribution in [0.2, 0.25) is 25.2 Å². The average molecular weight is 630 g/mol. The fourth-order valence-electron chi connectivity index (χ4n) is 4.67. The number of aromatic nitrogens is 4. The molecule has 2 rings (SSSR count). The third kappa shape index (κ3) is 15.9. The molecule has 2 atom stereocenters. The zero-order valence-electron chi connectivity index (χ0n) is 26.1. The van der Waals surface area contributed by atoms with Crippen LogP contribution in [0.25, 0.3) is 11.2 Å². The molecule has 0 spiro atoms. The predicted octanol–water partition coefficient (Wildman–Crippen LogP) is 8.12. The highest BCUT2D eigenvalue weighted by Gasteiger charge is 2.22. The molecule has 0 aliphatic heterocycles. The summed E-state index contributed by atoms with van der Waals surface area (Å²) in [4.78, 5) is 22.5. The van der Waals surface area contributed by atoms with Crippen LogP contribution in [0.15, 0.2) is 12.7 Å². The Hall–Kier alpha value is -0.973. The van der Waals surface area contributed by atoms with Gasteiger partial charge in [0.1, 0.15) is 18.2 Å². The minimum absolute atomic E-state index is 0.263. The minimum atomic E-state index is -3.79. The van der Waals surface area contributed by atoms with Crippen molar-refractivity contribution in [1.82, 2.24) is 19.5 Å². The summed E-state index contributed by atoms with van der Waals surface area (Å²) in [6.07, 6.45) is 18.3. The van der Waals surface area contributed by atoms with Gasteiger partial charge in [0.25, 0.3) is 0 Å². The van der Waals surface area contributed by atoms with Crippen molar-refractivity contribution >= 4 is 44.4 Å². The second kappa shape index (κ2) is 20.1. The molecule has 9 nitrogen and oxygen atoms in total. The van der Waals surface area contributed by atoms with Crippen molar-refractivity contribution in [3.05, 3.63) is 12.7 Å². The Morgan fingerprint density at radius 3 is 2.24 bits per heavy atom. The Morgan fingerprint density at radius 2 is 1.59 bits per heavy atom. The third-order valence-corrected chi connectivity index (χ3v) is 13.6. The zero-order valence-corrected chi connectivity index (χ0v) is 28.8. The number of rotatable bonds is 25. The molecular formula is C29H56N5O4PSSi. The maximum atomic E-state index is 12.3. The van der Waals surface area contributed by atoms with E-state index in [0.29, 0.717) is 23.5 Å². The number of nitrogens with two attached hydrogens (primary N) is 1. The standard InChI is InChI=1S/C29H56N5O4PSSi/c1-5-41(3,4)21-16-14-12-10-8-6-7-9-11-13-15-19-40-20-17-18-38-39(35,36)25-37-26(2)22-34-24-33-27-28(30)31-23-32-29(27)34/h23-24,26H,5-22,25H2,1-4H3,(H,35,36)(H2,30,31,32)/t26-/m1/s1. The van der Waals surface area contributed by atoms with Crippen molar-refractivity contribution in [2.24, 2.45) is 0 Å². The van der Waals surface area contributed by atoms with E-state index < -0.39 is 15.7 Å². The van der Waals surface area contributed by atoms with Gasteiger partial charge in [-0.3, -0.25) is 4.57 Å². The number of nitrogens with zero attached hydrogens (tertiary/aromatic N) is 4. The van der Waals surface area contributed by atoms with Gasteiger partial charge in [-0.1, -0.05) is 96.3 Å². The Kier molecular flexibility index (Phi) is 17.7. The summed E-state index contributed by atoms with van der Waals surface area (Å²) in [7, 11) is -4.64. The van der Waals surface area contributed by atoms with E-state index in [1.807, 2.05) is 18.7 Å². The lowest BCUT2D eigenvalue weighted by Crippen LogP contribution is -2.22. The number of unbranched alkanes of at least 4 members (excludes halogenated alkanes) is 10. The van der Waals surface area contributed by atoms with Crippen LogP contribution in [0.3, 0.4) is 0 Å². The monoisotopic (exact) mass is 629 g/mol. The molecule has 12 heteroatoms. The molecular weight excluding hydrogens is 573 g/mol. The van der Waals surface area contributed by atoms with E-state index in [1.54, 1.807) is 10.9 Å². The first kappa shape index (κ1) is 36.2. The van der Waals surface area contributed by atoms with Gasteiger partial charge in [-0.05, 0) is 31.3 Å². The molecule has 0 aromatic carbocycles. The van der Waals surface area contributed by atoms with Gasteiger partial charge in [-0.2, -0.15) is 11.8 Å². The molecule has 0 fully saturated rings. The van der Waals surface area contributed by atoms with E-state index >= 15 is 0 Å². The normalized spacial score (nSPS) is 14.5. The summed E-state index contributed by atoms with van der Waals surface area (Å²) in [5, 5.41) is 0. The SMILES string of the molecule is CC[Si](C)(C)CCCCCCCCCCCCCSCCCOP(=O)(O)CO[C@H](C)Cn1cnc2c(N)ncnc21. The molecule has 0 bridgehead atoms. The second-order valence-corrected chi connectivity index (χ2v) is 20.6. The van der Waals surface area contributed by atoms with Gasteiger partial charge in [0, 0.05) is 8.07 Å². The Balaban J connectivity index is 1.37. The quantitative estimate of drug-likeness (QED) is 0.0636. The molecule has 0 radical (unpaired) electrons. The maximum Gasteiger partial charge on any atom is 0.353 e. The first-order valence-corrected chi connectivity index (χ1v) is 22.0. The molecule has 0 aliphatic carbocycles. The molecule has 0 aliphatic rings. The van der Waals surface area contributed by atoms with Crippen molar-refractivity contribution in [2.45, 2.75) is 129 Å². The van der Waals surface area contributed by atoms with Gasteiger partial charge < -0.3 is 24.5 Å². The molecule has 0 saturated carbocycles. The lowest BCUT2D eigenvalue weighted by atomic mass is 10.1. The lowest BCUT2D eigenvalue weighted by molar-refractivity contribution is 0.0718. The van der Waals surface area contributed by atoms with E-state index in [-0.39, 0.29) is 19.1 Å². The second-order valence-electron chi connectivity index (χ2n) is 12.0. The van der Waals surface area contributed by atoms with Crippen LogP contribution >= 0.6 is 19.4 Å². The van der Waals surface area contributed by atoms with Crippen LogP contribution in [-0.4, -0.2) is 63.1 Å². The van der Waals surface area contributed by atoms with Crippen molar-refractivity contribution in [3.8, 4) is 0 Å². The van der Waals surface area contributed by atoms with Crippen molar-refractivity contribution in [1.29, 1.82) is 0 Å². The fraction of sp³-hybridized carbons (Fsp3) is 0.828. The van der Waals surface area contributed by atoms with Crippen LogP contribution < -0.4 is 5.73 Å². The van der Waals surface area contributed by atoms with Gasteiger partial charge in [0.2, 0.25) is 0 Å². The van der Waals surface area contributed by atoms with Crippen LogP contribution in [0.4, 0.5) is 5.82 Å². The van der Waals surface area contributed by atoms with Gasteiger partial charge in [-0.25, -0.2) is 15.0 Å². The Morgan fingerprint density at radius 1 is 0.976 bits per heavy atom.